The molecule has 0 fully saturated rings. The highest BCUT2D eigenvalue weighted by Gasteiger charge is 2.27. The molecule has 0 saturated heterocycles. The van der Waals surface area contributed by atoms with E-state index in [2.05, 4.69) is 25.5 Å². The summed E-state index contributed by atoms with van der Waals surface area (Å²) in [6, 6.07) is 16.4. The summed E-state index contributed by atoms with van der Waals surface area (Å²) in [6.45, 7) is 10.2. The number of sulfonamides is 2. The molecule has 0 amide bonds. The fourth-order valence-electron chi connectivity index (χ4n) is 3.47. The fraction of sp³-hybridized carbons (Fsp3) is 0.385. The van der Waals surface area contributed by atoms with E-state index in [1.54, 1.807) is 19.1 Å². The maximum atomic E-state index is 13.6. The summed E-state index contributed by atoms with van der Waals surface area (Å²) in [5.41, 5.74) is 1.99. The van der Waals surface area contributed by atoms with Gasteiger partial charge in [-0.2, -0.15) is 4.31 Å². The quantitative estimate of drug-likeness (QED) is 0.405. The van der Waals surface area contributed by atoms with Gasteiger partial charge >= 0.3 is 0 Å². The molecule has 2 aromatic carbocycles. The Kier molecular flexibility index (Phi) is 8.26. The first-order valence-electron chi connectivity index (χ1n) is 11.6. The van der Waals surface area contributed by atoms with Crippen LogP contribution in [0.3, 0.4) is 0 Å². The lowest BCUT2D eigenvalue weighted by atomic mass is 9.87. The fourth-order valence-corrected chi connectivity index (χ4v) is 6.19. The molecule has 0 aliphatic heterocycles. The Morgan fingerprint density at radius 2 is 1.49 bits per heavy atom. The van der Waals surface area contributed by atoms with Gasteiger partial charge in [0.05, 0.1) is 22.6 Å². The van der Waals surface area contributed by atoms with Crippen molar-refractivity contribution in [1.82, 2.24) is 9.03 Å². The third-order valence-corrected chi connectivity index (χ3v) is 9.24. The Bertz CT molecular complexity index is 1310. The van der Waals surface area contributed by atoms with Crippen LogP contribution in [0.4, 0.5) is 0 Å². The van der Waals surface area contributed by atoms with Gasteiger partial charge in [0.1, 0.15) is 5.76 Å². The van der Waals surface area contributed by atoms with Gasteiger partial charge < -0.3 is 4.42 Å². The lowest BCUT2D eigenvalue weighted by Crippen LogP contribution is -2.32. The molecule has 190 valence electrons. The highest BCUT2D eigenvalue weighted by molar-refractivity contribution is 7.89. The van der Waals surface area contributed by atoms with E-state index >= 15 is 0 Å². The minimum atomic E-state index is -3.95. The van der Waals surface area contributed by atoms with Crippen molar-refractivity contribution in [3.05, 3.63) is 83.8 Å². The molecular formula is C26H34N2O5S2. The summed E-state index contributed by atoms with van der Waals surface area (Å²) in [6.07, 6.45) is 2.15. The molecule has 1 unspecified atom stereocenters. The Balaban J connectivity index is 1.90. The van der Waals surface area contributed by atoms with Crippen molar-refractivity contribution >= 4 is 20.0 Å². The van der Waals surface area contributed by atoms with E-state index in [4.69, 9.17) is 4.42 Å². The molecule has 0 aliphatic carbocycles. The van der Waals surface area contributed by atoms with Crippen LogP contribution in [0.5, 0.6) is 0 Å². The Labute approximate surface area is 209 Å². The van der Waals surface area contributed by atoms with Crippen molar-refractivity contribution in [2.45, 2.75) is 75.4 Å². The van der Waals surface area contributed by atoms with Gasteiger partial charge in [-0.3, -0.25) is 0 Å². The molecule has 0 radical (unpaired) electrons. The van der Waals surface area contributed by atoms with Crippen LogP contribution in [0.1, 0.15) is 57.9 Å². The molecule has 1 atom stereocenters. The molecule has 3 aromatic rings. The molecule has 0 saturated carbocycles. The lowest BCUT2D eigenvalue weighted by molar-refractivity contribution is 0.358. The number of benzene rings is 2. The van der Waals surface area contributed by atoms with Crippen LogP contribution in [-0.2, 0) is 38.6 Å². The average molecular weight is 519 g/mol. The topological polar surface area (TPSA) is 96.7 Å². The summed E-state index contributed by atoms with van der Waals surface area (Å²) in [5, 5.41) is 0. The number of furan rings is 1. The van der Waals surface area contributed by atoms with E-state index in [9.17, 15) is 16.8 Å². The number of nitrogens with zero attached hydrogens (tertiary/aromatic N) is 1. The number of rotatable bonds is 10. The Morgan fingerprint density at radius 1 is 0.886 bits per heavy atom. The van der Waals surface area contributed by atoms with E-state index in [0.717, 1.165) is 11.1 Å². The van der Waals surface area contributed by atoms with Crippen LogP contribution in [0.15, 0.2) is 81.1 Å². The SMILES string of the molecule is CCC(C)NS(=O)(=O)c1ccc(S(=O)(=O)N(Cc2ccc(C(C)(C)C)cc2)Cc2ccco2)cc1. The maximum absolute atomic E-state index is 13.6. The second-order valence-corrected chi connectivity index (χ2v) is 13.4. The van der Waals surface area contributed by atoms with Crippen LogP contribution >= 0.6 is 0 Å². The van der Waals surface area contributed by atoms with Gasteiger partial charge in [0.25, 0.3) is 0 Å². The summed E-state index contributed by atoms with van der Waals surface area (Å²) in [4.78, 5) is 0.0324. The monoisotopic (exact) mass is 518 g/mol. The van der Waals surface area contributed by atoms with E-state index in [1.807, 2.05) is 31.2 Å². The number of hydrogen-bond acceptors (Lipinski definition) is 5. The molecule has 3 rings (SSSR count). The first kappa shape index (κ1) is 27.1. The highest BCUT2D eigenvalue weighted by atomic mass is 32.2. The largest absolute Gasteiger partial charge is 0.468 e. The maximum Gasteiger partial charge on any atom is 0.243 e. The molecule has 35 heavy (non-hydrogen) atoms. The predicted octanol–water partition coefficient (Wildman–Crippen LogP) is 5.05. The molecule has 1 heterocycles. The zero-order valence-corrected chi connectivity index (χ0v) is 22.5. The van der Waals surface area contributed by atoms with Crippen LogP contribution in [0.2, 0.25) is 0 Å². The van der Waals surface area contributed by atoms with Crippen LogP contribution < -0.4 is 4.72 Å². The summed E-state index contributed by atoms with van der Waals surface area (Å²) < 4.78 is 61.6. The van der Waals surface area contributed by atoms with Crippen LogP contribution in [-0.4, -0.2) is 27.2 Å². The van der Waals surface area contributed by atoms with Crippen molar-refractivity contribution in [2.24, 2.45) is 0 Å². The number of nitrogens with one attached hydrogen (secondary N) is 1. The van der Waals surface area contributed by atoms with Gasteiger partial charge in [0.15, 0.2) is 0 Å². The molecule has 1 aromatic heterocycles. The van der Waals surface area contributed by atoms with E-state index in [-0.39, 0.29) is 34.3 Å². The van der Waals surface area contributed by atoms with Gasteiger partial charge in [-0.1, -0.05) is 52.0 Å². The van der Waals surface area contributed by atoms with Crippen molar-refractivity contribution in [3.8, 4) is 0 Å². The van der Waals surface area contributed by atoms with Crippen LogP contribution in [0.25, 0.3) is 0 Å². The first-order chi connectivity index (χ1) is 16.3. The molecule has 0 aliphatic rings. The second kappa shape index (κ2) is 10.7. The smallest absolute Gasteiger partial charge is 0.243 e. The van der Waals surface area contributed by atoms with Crippen molar-refractivity contribution < 1.29 is 21.3 Å². The second-order valence-electron chi connectivity index (χ2n) is 9.70. The third kappa shape index (κ3) is 6.82. The molecule has 7 nitrogen and oxygen atoms in total. The van der Waals surface area contributed by atoms with Gasteiger partial charge in [0.2, 0.25) is 20.0 Å². The Morgan fingerprint density at radius 3 is 2.00 bits per heavy atom. The van der Waals surface area contributed by atoms with E-state index in [0.29, 0.717) is 12.2 Å². The van der Waals surface area contributed by atoms with Gasteiger partial charge in [-0.15, -0.1) is 0 Å². The standard InChI is InChI=1S/C26H34N2O5S2/c1-6-20(2)27-34(29,30)24-13-15-25(16-14-24)35(31,32)28(19-23-8-7-17-33-23)18-21-9-11-22(12-10-21)26(3,4)5/h7-17,20,27H,6,18-19H2,1-5H3. The summed E-state index contributed by atoms with van der Waals surface area (Å²) in [7, 11) is -7.68. The van der Waals surface area contributed by atoms with Gasteiger partial charge in [-0.05, 0) is 66.3 Å². The van der Waals surface area contributed by atoms with Crippen LogP contribution in [0, 0.1) is 0 Å². The molecule has 0 spiro atoms. The van der Waals surface area contributed by atoms with Crippen molar-refractivity contribution in [1.29, 1.82) is 0 Å². The minimum absolute atomic E-state index is 0.00960. The van der Waals surface area contributed by atoms with E-state index in [1.165, 1.54) is 34.8 Å². The first-order valence-corrected chi connectivity index (χ1v) is 14.5. The normalized spacial score (nSPS) is 13.8. The Hall–Kier alpha value is -2.46. The highest BCUT2D eigenvalue weighted by Crippen LogP contribution is 2.26. The summed E-state index contributed by atoms with van der Waals surface area (Å²) >= 11 is 0. The minimum Gasteiger partial charge on any atom is -0.468 e. The molecule has 0 bridgehead atoms. The van der Waals surface area contributed by atoms with Gasteiger partial charge in [-0.25, -0.2) is 21.6 Å². The van der Waals surface area contributed by atoms with E-state index < -0.39 is 20.0 Å². The molecule has 1 N–H and O–H groups in total. The molecular weight excluding hydrogens is 484 g/mol. The van der Waals surface area contributed by atoms with Crippen molar-refractivity contribution in [2.75, 3.05) is 0 Å². The number of hydrogen-bond donors (Lipinski definition) is 1. The van der Waals surface area contributed by atoms with Crippen molar-refractivity contribution in [3.63, 3.8) is 0 Å². The average Bonchev–Trinajstić information content (AvgIpc) is 3.31. The zero-order valence-electron chi connectivity index (χ0n) is 20.9. The van der Waals surface area contributed by atoms with Gasteiger partial charge in [0, 0.05) is 12.6 Å². The third-order valence-electron chi connectivity index (χ3n) is 5.83. The predicted molar refractivity (Wildman–Crippen MR) is 137 cm³/mol. The zero-order chi connectivity index (χ0) is 25.9. The summed E-state index contributed by atoms with van der Waals surface area (Å²) in [5.74, 6) is 0.511. The lowest BCUT2D eigenvalue weighted by Gasteiger charge is -2.23. The molecule has 9 heteroatoms.